The van der Waals surface area contributed by atoms with Crippen molar-refractivity contribution in [3.05, 3.63) is 0 Å². The Bertz CT molecular complexity index is 130. The third-order valence-corrected chi connectivity index (χ3v) is 3.82. The van der Waals surface area contributed by atoms with Crippen molar-refractivity contribution in [1.29, 1.82) is 0 Å². The Morgan fingerprint density at radius 1 is 1.46 bits per heavy atom. The molecule has 0 aromatic carbocycles. The van der Waals surface area contributed by atoms with E-state index in [1.54, 1.807) is 0 Å². The number of thioether (sulfide) groups is 1. The zero-order chi connectivity index (χ0) is 9.52. The Morgan fingerprint density at radius 2 is 2.31 bits per heavy atom. The molecule has 78 valence electrons. The minimum Gasteiger partial charge on any atom is -0.300 e. The summed E-state index contributed by atoms with van der Waals surface area (Å²) in [6.45, 7) is 2.62. The fraction of sp³-hybridized carbons (Fsp3) is 1.00. The first-order valence-electron chi connectivity index (χ1n) is 5.17. The van der Waals surface area contributed by atoms with Gasteiger partial charge in [-0.2, -0.15) is 11.8 Å². The van der Waals surface area contributed by atoms with E-state index in [1.807, 2.05) is 11.8 Å². The third kappa shape index (κ3) is 4.22. The van der Waals surface area contributed by atoms with Gasteiger partial charge < -0.3 is 0 Å². The van der Waals surface area contributed by atoms with Gasteiger partial charge in [0.1, 0.15) is 0 Å². The maximum Gasteiger partial charge on any atom is 0.0104 e. The molecule has 0 aromatic rings. The minimum atomic E-state index is 0.861. The lowest BCUT2D eigenvalue weighted by Crippen LogP contribution is -2.40. The zero-order valence-electron chi connectivity index (χ0n) is 8.47. The molecular weight excluding hydrogens is 246 g/mol. The molecule has 0 spiro atoms. The first-order chi connectivity index (χ1) is 6.38. The van der Waals surface area contributed by atoms with Crippen molar-refractivity contribution in [3.63, 3.8) is 0 Å². The maximum absolute atomic E-state index is 3.55. The highest BCUT2D eigenvalue weighted by molar-refractivity contribution is 9.09. The van der Waals surface area contributed by atoms with Gasteiger partial charge >= 0.3 is 0 Å². The average Bonchev–Trinajstić information content (AvgIpc) is 2.17. The van der Waals surface area contributed by atoms with Gasteiger partial charge in [0, 0.05) is 23.7 Å². The molecule has 0 N–H and O–H groups in total. The molecule has 1 nitrogen and oxygen atoms in total. The van der Waals surface area contributed by atoms with Crippen LogP contribution in [0, 0.1) is 0 Å². The number of hydrogen-bond donors (Lipinski definition) is 0. The van der Waals surface area contributed by atoms with Crippen LogP contribution in [0.1, 0.15) is 25.7 Å². The summed E-state index contributed by atoms with van der Waals surface area (Å²) in [6, 6.07) is 0.861. The van der Waals surface area contributed by atoms with Crippen LogP contribution in [0.4, 0.5) is 0 Å². The number of hydrogen-bond acceptors (Lipinski definition) is 2. The Hall–Kier alpha value is 0.790. The van der Waals surface area contributed by atoms with Gasteiger partial charge in [-0.3, -0.25) is 4.90 Å². The van der Waals surface area contributed by atoms with E-state index in [0.717, 1.165) is 11.4 Å². The molecule has 0 bridgehead atoms. The number of nitrogens with zero attached hydrogens (tertiary/aromatic N) is 1. The van der Waals surface area contributed by atoms with E-state index in [-0.39, 0.29) is 0 Å². The van der Waals surface area contributed by atoms with Crippen LogP contribution in [0.3, 0.4) is 0 Å². The van der Waals surface area contributed by atoms with Crippen LogP contribution in [0.25, 0.3) is 0 Å². The summed E-state index contributed by atoms with van der Waals surface area (Å²) in [4.78, 5) is 2.68. The summed E-state index contributed by atoms with van der Waals surface area (Å²) in [7, 11) is 0. The van der Waals surface area contributed by atoms with Crippen molar-refractivity contribution >= 4 is 27.7 Å². The average molecular weight is 266 g/mol. The van der Waals surface area contributed by atoms with Crippen molar-refractivity contribution in [1.82, 2.24) is 4.90 Å². The Balaban J connectivity index is 2.28. The first kappa shape index (κ1) is 11.9. The zero-order valence-corrected chi connectivity index (χ0v) is 10.9. The van der Waals surface area contributed by atoms with Crippen LogP contribution in [-0.4, -0.2) is 41.4 Å². The predicted octanol–water partition coefficient (Wildman–Crippen LogP) is 2.99. The number of halogens is 1. The molecular formula is C10H20BrNS. The van der Waals surface area contributed by atoms with Crippen LogP contribution in [0.2, 0.25) is 0 Å². The Morgan fingerprint density at radius 3 is 3.00 bits per heavy atom. The van der Waals surface area contributed by atoms with E-state index in [4.69, 9.17) is 0 Å². The molecule has 1 heterocycles. The summed E-state index contributed by atoms with van der Waals surface area (Å²) in [6.07, 6.45) is 7.79. The van der Waals surface area contributed by atoms with Gasteiger partial charge in [-0.05, 0) is 32.1 Å². The first-order valence-corrected chi connectivity index (χ1v) is 7.69. The van der Waals surface area contributed by atoms with Crippen molar-refractivity contribution in [3.8, 4) is 0 Å². The van der Waals surface area contributed by atoms with Gasteiger partial charge in [-0.25, -0.2) is 0 Å². The highest BCUT2D eigenvalue weighted by Gasteiger charge is 2.20. The summed E-state index contributed by atoms with van der Waals surface area (Å²) >= 11 is 5.51. The molecule has 0 amide bonds. The Kier molecular flexibility index (Phi) is 6.51. The predicted molar refractivity (Wildman–Crippen MR) is 66.0 cm³/mol. The monoisotopic (exact) mass is 265 g/mol. The highest BCUT2D eigenvalue weighted by Crippen LogP contribution is 2.20. The Labute approximate surface area is 94.8 Å². The van der Waals surface area contributed by atoms with E-state index >= 15 is 0 Å². The van der Waals surface area contributed by atoms with E-state index < -0.39 is 0 Å². The number of likely N-dealkylation sites (tertiary alicyclic amines) is 1. The van der Waals surface area contributed by atoms with Crippen molar-refractivity contribution in [2.24, 2.45) is 0 Å². The molecule has 1 aliphatic heterocycles. The maximum atomic E-state index is 3.55. The van der Waals surface area contributed by atoms with Gasteiger partial charge in [0.25, 0.3) is 0 Å². The topological polar surface area (TPSA) is 3.24 Å². The minimum absolute atomic E-state index is 0.861. The molecule has 1 rings (SSSR count). The van der Waals surface area contributed by atoms with Crippen molar-refractivity contribution in [2.75, 3.05) is 30.4 Å². The van der Waals surface area contributed by atoms with Crippen LogP contribution in [0.15, 0.2) is 0 Å². The quantitative estimate of drug-likeness (QED) is 0.704. The molecule has 1 saturated heterocycles. The summed E-state index contributed by atoms with van der Waals surface area (Å²) in [5, 5.41) is 1.16. The highest BCUT2D eigenvalue weighted by atomic mass is 79.9. The molecule has 1 fully saturated rings. The summed E-state index contributed by atoms with van der Waals surface area (Å²) in [5.74, 6) is 1.29. The largest absolute Gasteiger partial charge is 0.300 e. The lowest BCUT2D eigenvalue weighted by molar-refractivity contribution is 0.155. The molecule has 13 heavy (non-hydrogen) atoms. The lowest BCUT2D eigenvalue weighted by atomic mass is 10.0. The van der Waals surface area contributed by atoms with Crippen LogP contribution in [-0.2, 0) is 0 Å². The van der Waals surface area contributed by atoms with Crippen molar-refractivity contribution < 1.29 is 0 Å². The van der Waals surface area contributed by atoms with Crippen LogP contribution in [0.5, 0.6) is 0 Å². The second kappa shape index (κ2) is 7.13. The van der Waals surface area contributed by atoms with Gasteiger partial charge in [0.2, 0.25) is 0 Å². The van der Waals surface area contributed by atoms with E-state index in [9.17, 15) is 0 Å². The second-order valence-corrected chi connectivity index (χ2v) is 5.43. The molecule has 1 unspecified atom stereocenters. The SMILES string of the molecule is CSCCN1CCCCC1CCBr. The third-order valence-electron chi connectivity index (χ3n) is 2.77. The number of rotatable bonds is 5. The van der Waals surface area contributed by atoms with E-state index in [0.29, 0.717) is 0 Å². The molecule has 0 aliphatic carbocycles. The van der Waals surface area contributed by atoms with E-state index in [2.05, 4.69) is 27.1 Å². The van der Waals surface area contributed by atoms with Gasteiger partial charge in [0.15, 0.2) is 0 Å². The molecule has 1 aliphatic rings. The van der Waals surface area contributed by atoms with Crippen LogP contribution < -0.4 is 0 Å². The van der Waals surface area contributed by atoms with Gasteiger partial charge in [-0.1, -0.05) is 22.4 Å². The molecule has 0 saturated carbocycles. The number of piperidine rings is 1. The fourth-order valence-electron chi connectivity index (χ4n) is 2.02. The standard InChI is InChI=1S/C10H20BrNS/c1-13-9-8-12-7-3-2-4-10(12)5-6-11/h10H,2-9H2,1H3. The smallest absolute Gasteiger partial charge is 0.0104 e. The summed E-state index contributed by atoms with van der Waals surface area (Å²) < 4.78 is 0. The van der Waals surface area contributed by atoms with E-state index in [1.165, 1.54) is 44.5 Å². The molecule has 0 aromatic heterocycles. The summed E-state index contributed by atoms with van der Waals surface area (Å²) in [5.41, 5.74) is 0. The normalized spacial score (nSPS) is 24.9. The number of alkyl halides is 1. The second-order valence-electron chi connectivity index (χ2n) is 3.66. The molecule has 0 radical (unpaired) electrons. The van der Waals surface area contributed by atoms with Gasteiger partial charge in [-0.15, -0.1) is 0 Å². The van der Waals surface area contributed by atoms with Crippen LogP contribution >= 0.6 is 27.7 Å². The molecule has 1 atom stereocenters. The fourth-order valence-corrected chi connectivity index (χ4v) is 2.96. The molecule has 3 heteroatoms. The van der Waals surface area contributed by atoms with Gasteiger partial charge in [0.05, 0.1) is 0 Å². The van der Waals surface area contributed by atoms with Crippen molar-refractivity contribution in [2.45, 2.75) is 31.7 Å². The lowest BCUT2D eigenvalue weighted by Gasteiger charge is -2.35.